The number of hydrogen-bond donors (Lipinski definition) is 1. The van der Waals surface area contributed by atoms with E-state index >= 15 is 0 Å². The predicted octanol–water partition coefficient (Wildman–Crippen LogP) is 1.34. The molecule has 0 bridgehead atoms. The van der Waals surface area contributed by atoms with Crippen LogP contribution in [0.1, 0.15) is 23.2 Å². The van der Waals surface area contributed by atoms with E-state index in [4.69, 9.17) is 10.5 Å². The zero-order valence-corrected chi connectivity index (χ0v) is 11.8. The van der Waals surface area contributed by atoms with Crippen LogP contribution in [0.5, 0.6) is 0 Å². The number of methoxy groups -OCH3 is 1. The summed E-state index contributed by atoms with van der Waals surface area (Å²) in [6.07, 6.45) is 2.69. The van der Waals surface area contributed by atoms with Crippen LogP contribution in [0.4, 0.5) is 11.4 Å². The van der Waals surface area contributed by atoms with Crippen molar-refractivity contribution in [3.63, 3.8) is 0 Å². The minimum absolute atomic E-state index is 0.322. The molecule has 3 rings (SSSR count). The normalized spacial score (nSPS) is 19.9. The molecule has 0 spiro atoms. The van der Waals surface area contributed by atoms with Gasteiger partial charge in [-0.15, -0.1) is 0 Å². The quantitative estimate of drug-likeness (QED) is 0.666. The second-order valence-electron chi connectivity index (χ2n) is 5.52. The van der Waals surface area contributed by atoms with Gasteiger partial charge in [-0.05, 0) is 31.0 Å². The Balaban J connectivity index is 1.77. The zero-order valence-electron chi connectivity index (χ0n) is 11.8. The first-order valence-corrected chi connectivity index (χ1v) is 7.16. The van der Waals surface area contributed by atoms with Gasteiger partial charge in [0.05, 0.1) is 18.4 Å². The van der Waals surface area contributed by atoms with E-state index < -0.39 is 0 Å². The minimum Gasteiger partial charge on any atom is -0.465 e. The maximum absolute atomic E-state index is 11.9. The smallest absolute Gasteiger partial charge is 0.340 e. The lowest BCUT2D eigenvalue weighted by atomic mass is 10.1. The van der Waals surface area contributed by atoms with E-state index in [9.17, 15) is 4.79 Å². The van der Waals surface area contributed by atoms with Gasteiger partial charge in [0.25, 0.3) is 0 Å². The van der Waals surface area contributed by atoms with Crippen LogP contribution in [-0.4, -0.2) is 50.2 Å². The molecule has 1 aromatic carbocycles. The standard InChI is InChI=1S/C15H21N3O2/c1-20-15(19)13-10-11(16)2-5-14(13)18-8-6-17(7-9-18)12-3-4-12/h2,5,10,12H,3-4,6-9,16H2,1H3. The lowest BCUT2D eigenvalue weighted by molar-refractivity contribution is 0.0601. The molecule has 108 valence electrons. The van der Waals surface area contributed by atoms with Gasteiger partial charge in [0, 0.05) is 37.9 Å². The largest absolute Gasteiger partial charge is 0.465 e. The van der Waals surface area contributed by atoms with Gasteiger partial charge in [-0.2, -0.15) is 0 Å². The molecule has 2 aliphatic rings. The highest BCUT2D eigenvalue weighted by atomic mass is 16.5. The van der Waals surface area contributed by atoms with Crippen molar-refractivity contribution in [3.8, 4) is 0 Å². The van der Waals surface area contributed by atoms with Crippen LogP contribution >= 0.6 is 0 Å². The molecule has 1 saturated carbocycles. The molecule has 1 aliphatic carbocycles. The number of rotatable bonds is 3. The Hall–Kier alpha value is -1.75. The summed E-state index contributed by atoms with van der Waals surface area (Å²) in [5.74, 6) is -0.322. The van der Waals surface area contributed by atoms with Crippen LogP contribution in [0.25, 0.3) is 0 Å². The summed E-state index contributed by atoms with van der Waals surface area (Å²) in [5, 5.41) is 0. The first-order chi connectivity index (χ1) is 9.69. The summed E-state index contributed by atoms with van der Waals surface area (Å²) in [5.41, 5.74) is 7.87. The molecule has 0 unspecified atom stereocenters. The Kier molecular flexibility index (Phi) is 3.53. The average Bonchev–Trinajstić information content (AvgIpc) is 3.31. The number of carbonyl (C=O) groups is 1. The molecule has 0 aromatic heterocycles. The molecule has 1 aliphatic heterocycles. The van der Waals surface area contributed by atoms with Crippen LogP contribution in [0, 0.1) is 0 Å². The number of piperazine rings is 1. The SMILES string of the molecule is COC(=O)c1cc(N)ccc1N1CCN(C2CC2)CC1. The number of nitrogens with two attached hydrogens (primary N) is 1. The van der Waals surface area contributed by atoms with Gasteiger partial charge in [0.1, 0.15) is 0 Å². The van der Waals surface area contributed by atoms with Crippen molar-refractivity contribution >= 4 is 17.3 Å². The molecule has 2 fully saturated rings. The van der Waals surface area contributed by atoms with E-state index in [1.165, 1.54) is 20.0 Å². The van der Waals surface area contributed by atoms with Crippen LogP contribution < -0.4 is 10.6 Å². The third-order valence-electron chi connectivity index (χ3n) is 4.14. The molecule has 5 heteroatoms. The van der Waals surface area contributed by atoms with E-state index in [2.05, 4.69) is 9.80 Å². The maximum Gasteiger partial charge on any atom is 0.340 e. The fraction of sp³-hybridized carbons (Fsp3) is 0.533. The van der Waals surface area contributed by atoms with Crippen LogP contribution in [0.3, 0.4) is 0 Å². The number of nitrogens with zero attached hydrogens (tertiary/aromatic N) is 2. The monoisotopic (exact) mass is 275 g/mol. The molecule has 1 saturated heterocycles. The van der Waals surface area contributed by atoms with E-state index in [0.29, 0.717) is 11.3 Å². The lowest BCUT2D eigenvalue weighted by Crippen LogP contribution is -2.47. The Morgan fingerprint density at radius 3 is 2.55 bits per heavy atom. The molecule has 0 amide bonds. The summed E-state index contributed by atoms with van der Waals surface area (Å²) in [6.45, 7) is 4.03. The number of esters is 1. The first kappa shape index (κ1) is 13.2. The van der Waals surface area contributed by atoms with E-state index in [0.717, 1.165) is 37.9 Å². The minimum atomic E-state index is -0.322. The molecule has 0 radical (unpaired) electrons. The maximum atomic E-state index is 11.9. The van der Waals surface area contributed by atoms with Gasteiger partial charge >= 0.3 is 5.97 Å². The number of hydrogen-bond acceptors (Lipinski definition) is 5. The Labute approximate surface area is 119 Å². The molecule has 20 heavy (non-hydrogen) atoms. The van der Waals surface area contributed by atoms with Crippen molar-refractivity contribution in [1.29, 1.82) is 0 Å². The van der Waals surface area contributed by atoms with Crippen LogP contribution in [0.2, 0.25) is 0 Å². The Morgan fingerprint density at radius 2 is 1.95 bits per heavy atom. The van der Waals surface area contributed by atoms with Gasteiger partial charge in [-0.1, -0.05) is 0 Å². The van der Waals surface area contributed by atoms with Gasteiger partial charge < -0.3 is 15.4 Å². The van der Waals surface area contributed by atoms with E-state index in [1.54, 1.807) is 6.07 Å². The lowest BCUT2D eigenvalue weighted by Gasteiger charge is -2.36. The molecule has 5 nitrogen and oxygen atoms in total. The average molecular weight is 275 g/mol. The fourth-order valence-electron chi connectivity index (χ4n) is 2.87. The van der Waals surface area contributed by atoms with Crippen molar-refractivity contribution < 1.29 is 9.53 Å². The summed E-state index contributed by atoms with van der Waals surface area (Å²) >= 11 is 0. The van der Waals surface area contributed by atoms with Crippen molar-refractivity contribution in [2.24, 2.45) is 0 Å². The highest BCUT2D eigenvalue weighted by Gasteiger charge is 2.31. The van der Waals surface area contributed by atoms with Crippen molar-refractivity contribution in [2.75, 3.05) is 43.9 Å². The Bertz CT molecular complexity index is 506. The predicted molar refractivity (Wildman–Crippen MR) is 79.0 cm³/mol. The third-order valence-corrected chi connectivity index (χ3v) is 4.14. The van der Waals surface area contributed by atoms with Gasteiger partial charge in [-0.25, -0.2) is 4.79 Å². The molecule has 1 aromatic rings. The third kappa shape index (κ3) is 2.58. The molecular formula is C15H21N3O2. The van der Waals surface area contributed by atoms with E-state index in [-0.39, 0.29) is 5.97 Å². The second-order valence-corrected chi connectivity index (χ2v) is 5.52. The summed E-state index contributed by atoms with van der Waals surface area (Å²) in [7, 11) is 1.40. The molecular weight excluding hydrogens is 254 g/mol. The second kappa shape index (κ2) is 5.32. The molecule has 1 heterocycles. The summed E-state index contributed by atoms with van der Waals surface area (Å²) in [4.78, 5) is 16.7. The number of carbonyl (C=O) groups excluding carboxylic acids is 1. The van der Waals surface area contributed by atoms with Gasteiger partial charge in [0.2, 0.25) is 0 Å². The number of anilines is 2. The van der Waals surface area contributed by atoms with Gasteiger partial charge in [0.15, 0.2) is 0 Å². The number of nitrogen functional groups attached to an aromatic ring is 1. The number of benzene rings is 1. The fourth-order valence-corrected chi connectivity index (χ4v) is 2.87. The summed E-state index contributed by atoms with van der Waals surface area (Å²) < 4.78 is 4.86. The van der Waals surface area contributed by atoms with Crippen LogP contribution in [0.15, 0.2) is 18.2 Å². The topological polar surface area (TPSA) is 58.8 Å². The zero-order chi connectivity index (χ0) is 14.1. The highest BCUT2D eigenvalue weighted by molar-refractivity contribution is 5.97. The van der Waals surface area contributed by atoms with E-state index in [1.807, 2.05) is 12.1 Å². The van der Waals surface area contributed by atoms with Gasteiger partial charge in [-0.3, -0.25) is 4.90 Å². The van der Waals surface area contributed by atoms with Crippen LogP contribution in [-0.2, 0) is 4.74 Å². The summed E-state index contributed by atoms with van der Waals surface area (Å²) in [6, 6.07) is 6.28. The molecule has 2 N–H and O–H groups in total. The molecule has 0 atom stereocenters. The van der Waals surface area contributed by atoms with Crippen molar-refractivity contribution in [1.82, 2.24) is 4.90 Å². The first-order valence-electron chi connectivity index (χ1n) is 7.16. The number of ether oxygens (including phenoxy) is 1. The highest BCUT2D eigenvalue weighted by Crippen LogP contribution is 2.30. The Morgan fingerprint density at radius 1 is 1.25 bits per heavy atom. The van der Waals surface area contributed by atoms with Crippen molar-refractivity contribution in [2.45, 2.75) is 18.9 Å². The van der Waals surface area contributed by atoms with Crippen molar-refractivity contribution in [3.05, 3.63) is 23.8 Å².